The van der Waals surface area contributed by atoms with Crippen LogP contribution >= 0.6 is 0 Å². The Balaban J connectivity index is 2.21. The second-order valence-corrected chi connectivity index (χ2v) is 4.00. The van der Waals surface area contributed by atoms with E-state index in [9.17, 15) is 5.11 Å². The number of aromatic nitrogens is 3. The molecule has 86 valence electrons. The van der Waals surface area contributed by atoms with E-state index in [1.165, 1.54) is 0 Å². The summed E-state index contributed by atoms with van der Waals surface area (Å²) in [5.74, 6) is 0.858. The van der Waals surface area contributed by atoms with Crippen molar-refractivity contribution in [3.63, 3.8) is 0 Å². The summed E-state index contributed by atoms with van der Waals surface area (Å²) in [6.45, 7) is 0. The number of phenolic OH excluding ortho intramolecular Hbond substituents is 1. The molecule has 4 N–H and O–H groups in total. The standard InChI is InChI=1S/C12H12N4O/c1-16-12(13)6-10(15-16)9-5-7-8(14-9)3-2-4-11(7)17/h2-6,14,17H,13H2,1H3. The van der Waals surface area contributed by atoms with Gasteiger partial charge in [-0.3, -0.25) is 4.68 Å². The van der Waals surface area contributed by atoms with Gasteiger partial charge < -0.3 is 15.8 Å². The number of phenols is 1. The molecular weight excluding hydrogens is 216 g/mol. The van der Waals surface area contributed by atoms with Crippen molar-refractivity contribution in [1.82, 2.24) is 14.8 Å². The first-order chi connectivity index (χ1) is 8.15. The molecule has 0 unspecified atom stereocenters. The molecule has 3 rings (SSSR count). The third-order valence-electron chi connectivity index (χ3n) is 2.83. The Hall–Kier alpha value is -2.43. The molecule has 0 aliphatic heterocycles. The van der Waals surface area contributed by atoms with Crippen molar-refractivity contribution in [3.05, 3.63) is 30.3 Å². The predicted molar refractivity (Wildman–Crippen MR) is 66.6 cm³/mol. The summed E-state index contributed by atoms with van der Waals surface area (Å²) in [7, 11) is 1.79. The minimum atomic E-state index is 0.258. The molecule has 2 heterocycles. The van der Waals surface area contributed by atoms with E-state index in [0.717, 1.165) is 22.3 Å². The average molecular weight is 228 g/mol. The zero-order valence-electron chi connectivity index (χ0n) is 9.31. The Morgan fingerprint density at radius 2 is 2.18 bits per heavy atom. The largest absolute Gasteiger partial charge is 0.507 e. The first-order valence-corrected chi connectivity index (χ1v) is 5.26. The summed E-state index contributed by atoms with van der Waals surface area (Å²) in [5, 5.41) is 14.8. The number of anilines is 1. The van der Waals surface area contributed by atoms with Gasteiger partial charge in [0.15, 0.2) is 0 Å². The quantitative estimate of drug-likeness (QED) is 0.594. The van der Waals surface area contributed by atoms with Gasteiger partial charge in [0, 0.05) is 24.0 Å². The van der Waals surface area contributed by atoms with Crippen molar-refractivity contribution in [3.8, 4) is 17.1 Å². The lowest BCUT2D eigenvalue weighted by atomic mass is 10.2. The Kier molecular flexibility index (Phi) is 1.89. The first-order valence-electron chi connectivity index (χ1n) is 5.26. The highest BCUT2D eigenvalue weighted by Gasteiger charge is 2.09. The SMILES string of the molecule is Cn1nc(-c2cc3c(O)cccc3[nH]2)cc1N. The Morgan fingerprint density at radius 1 is 1.35 bits per heavy atom. The molecule has 0 aliphatic rings. The van der Waals surface area contributed by atoms with Crippen LogP contribution in [0.2, 0.25) is 0 Å². The summed E-state index contributed by atoms with van der Waals surface area (Å²) in [4.78, 5) is 3.20. The Labute approximate surface area is 97.5 Å². The number of rotatable bonds is 1. The van der Waals surface area contributed by atoms with Crippen molar-refractivity contribution in [2.24, 2.45) is 7.05 Å². The summed E-state index contributed by atoms with van der Waals surface area (Å²) in [5.41, 5.74) is 8.22. The lowest BCUT2D eigenvalue weighted by Crippen LogP contribution is -1.96. The van der Waals surface area contributed by atoms with Crippen LogP contribution in [-0.4, -0.2) is 19.9 Å². The topological polar surface area (TPSA) is 79.9 Å². The molecule has 3 aromatic rings. The Morgan fingerprint density at radius 3 is 2.82 bits per heavy atom. The number of nitrogen functional groups attached to an aromatic ring is 1. The lowest BCUT2D eigenvalue weighted by Gasteiger charge is -1.91. The second kappa shape index (κ2) is 3.28. The van der Waals surface area contributed by atoms with Crippen LogP contribution in [0.25, 0.3) is 22.3 Å². The smallest absolute Gasteiger partial charge is 0.124 e. The van der Waals surface area contributed by atoms with Gasteiger partial charge in [-0.25, -0.2) is 0 Å². The molecule has 0 atom stereocenters. The maximum Gasteiger partial charge on any atom is 0.124 e. The molecule has 0 aliphatic carbocycles. The van der Waals surface area contributed by atoms with Crippen molar-refractivity contribution in [2.45, 2.75) is 0 Å². The fraction of sp³-hybridized carbons (Fsp3) is 0.0833. The van der Waals surface area contributed by atoms with E-state index in [4.69, 9.17) is 5.73 Å². The lowest BCUT2D eigenvalue weighted by molar-refractivity contribution is 0.482. The summed E-state index contributed by atoms with van der Waals surface area (Å²) in [6.07, 6.45) is 0. The van der Waals surface area contributed by atoms with Gasteiger partial charge in [-0.2, -0.15) is 5.10 Å². The van der Waals surface area contributed by atoms with Crippen LogP contribution in [0.4, 0.5) is 5.82 Å². The number of aromatic amines is 1. The molecule has 0 radical (unpaired) electrons. The van der Waals surface area contributed by atoms with Crippen LogP contribution in [0.5, 0.6) is 5.75 Å². The molecule has 1 aromatic carbocycles. The van der Waals surface area contributed by atoms with Crippen molar-refractivity contribution in [2.75, 3.05) is 5.73 Å². The van der Waals surface area contributed by atoms with Gasteiger partial charge in [0.1, 0.15) is 17.3 Å². The normalized spacial score (nSPS) is 11.1. The number of nitrogens with zero attached hydrogens (tertiary/aromatic N) is 2. The van der Waals surface area contributed by atoms with E-state index in [2.05, 4.69) is 10.1 Å². The zero-order chi connectivity index (χ0) is 12.0. The fourth-order valence-electron chi connectivity index (χ4n) is 1.89. The van der Waals surface area contributed by atoms with Gasteiger partial charge in [-0.15, -0.1) is 0 Å². The van der Waals surface area contributed by atoms with Crippen molar-refractivity contribution >= 4 is 16.7 Å². The molecule has 0 saturated carbocycles. The van der Waals surface area contributed by atoms with Crippen LogP contribution < -0.4 is 5.73 Å². The minimum Gasteiger partial charge on any atom is -0.507 e. The predicted octanol–water partition coefficient (Wildman–Crippen LogP) is 1.86. The molecule has 0 spiro atoms. The van der Waals surface area contributed by atoms with Gasteiger partial charge in [0.05, 0.1) is 5.69 Å². The van der Waals surface area contributed by atoms with E-state index in [1.807, 2.05) is 12.1 Å². The number of nitrogens with two attached hydrogens (primary N) is 1. The number of hydrogen-bond acceptors (Lipinski definition) is 3. The third kappa shape index (κ3) is 1.44. The second-order valence-electron chi connectivity index (χ2n) is 4.00. The number of benzene rings is 1. The molecule has 5 heteroatoms. The molecule has 5 nitrogen and oxygen atoms in total. The van der Waals surface area contributed by atoms with Crippen molar-refractivity contribution < 1.29 is 5.11 Å². The molecule has 0 amide bonds. The number of nitrogens with one attached hydrogen (secondary N) is 1. The van der Waals surface area contributed by atoms with Crippen molar-refractivity contribution in [1.29, 1.82) is 0 Å². The van der Waals surface area contributed by atoms with Gasteiger partial charge in [0.25, 0.3) is 0 Å². The Bertz CT molecular complexity index is 676. The maximum absolute atomic E-state index is 9.72. The van der Waals surface area contributed by atoms with Gasteiger partial charge in [0.2, 0.25) is 0 Å². The number of fused-ring (bicyclic) bond motifs is 1. The summed E-state index contributed by atoms with van der Waals surface area (Å²) >= 11 is 0. The van der Waals surface area contributed by atoms with E-state index < -0.39 is 0 Å². The highest BCUT2D eigenvalue weighted by Crippen LogP contribution is 2.29. The number of H-pyrrole nitrogens is 1. The zero-order valence-corrected chi connectivity index (χ0v) is 9.31. The highest BCUT2D eigenvalue weighted by molar-refractivity contribution is 5.90. The maximum atomic E-state index is 9.72. The van der Waals surface area contributed by atoms with Crippen LogP contribution in [0.15, 0.2) is 30.3 Å². The minimum absolute atomic E-state index is 0.258. The van der Waals surface area contributed by atoms with Crippen LogP contribution in [0.3, 0.4) is 0 Å². The van der Waals surface area contributed by atoms with Gasteiger partial charge in [-0.1, -0.05) is 6.07 Å². The molecule has 2 aromatic heterocycles. The fourth-order valence-corrected chi connectivity index (χ4v) is 1.89. The van der Waals surface area contributed by atoms with E-state index >= 15 is 0 Å². The van der Waals surface area contributed by atoms with Gasteiger partial charge >= 0.3 is 0 Å². The first kappa shape index (κ1) is 9.77. The van der Waals surface area contributed by atoms with E-state index in [-0.39, 0.29) is 5.75 Å². The molecule has 17 heavy (non-hydrogen) atoms. The molecular formula is C12H12N4O. The third-order valence-corrected chi connectivity index (χ3v) is 2.83. The van der Waals surface area contributed by atoms with E-state index in [0.29, 0.717) is 5.82 Å². The number of hydrogen-bond donors (Lipinski definition) is 3. The van der Waals surface area contributed by atoms with E-state index in [1.54, 1.807) is 29.9 Å². The monoisotopic (exact) mass is 228 g/mol. The molecule has 0 saturated heterocycles. The molecule has 0 fully saturated rings. The highest BCUT2D eigenvalue weighted by atomic mass is 16.3. The van der Waals surface area contributed by atoms with Crippen LogP contribution in [0, 0.1) is 0 Å². The average Bonchev–Trinajstić information content (AvgIpc) is 2.85. The number of aryl methyl sites for hydroxylation is 1. The van der Waals surface area contributed by atoms with Crippen LogP contribution in [0.1, 0.15) is 0 Å². The summed E-state index contributed by atoms with van der Waals surface area (Å²) in [6, 6.07) is 9.02. The van der Waals surface area contributed by atoms with Gasteiger partial charge in [-0.05, 0) is 18.2 Å². The molecule has 0 bridgehead atoms. The number of aromatic hydroxyl groups is 1. The van der Waals surface area contributed by atoms with Crippen LogP contribution in [-0.2, 0) is 7.05 Å². The summed E-state index contributed by atoms with van der Waals surface area (Å²) < 4.78 is 1.61.